The van der Waals surface area contributed by atoms with E-state index < -0.39 is 0 Å². The molecule has 0 spiro atoms. The topological polar surface area (TPSA) is 38.0 Å². The molecule has 0 bridgehead atoms. The highest BCUT2D eigenvalue weighted by atomic mass is 35.5. The van der Waals surface area contributed by atoms with E-state index in [9.17, 15) is 4.39 Å². The van der Waals surface area contributed by atoms with Crippen LogP contribution in [-0.2, 0) is 6.42 Å². The first-order valence-electron chi connectivity index (χ1n) is 5.76. The summed E-state index contributed by atoms with van der Waals surface area (Å²) in [6.07, 6.45) is 0.816. The molecule has 3 N–H and O–H groups in total. The average Bonchev–Trinajstić information content (AvgIpc) is 2.80. The van der Waals surface area contributed by atoms with Crippen molar-refractivity contribution in [3.05, 3.63) is 51.4 Å². The highest BCUT2D eigenvalue weighted by Crippen LogP contribution is 2.24. The monoisotopic (exact) mass is 316 g/mol. The Morgan fingerprint density at radius 3 is 2.84 bits per heavy atom. The van der Waals surface area contributed by atoms with Crippen molar-refractivity contribution in [1.29, 1.82) is 0 Å². The van der Waals surface area contributed by atoms with E-state index in [1.54, 1.807) is 29.2 Å². The molecule has 0 saturated heterocycles. The fourth-order valence-corrected chi connectivity index (χ4v) is 3.77. The lowest BCUT2D eigenvalue weighted by molar-refractivity contribution is 0.579. The number of hydrazine groups is 1. The van der Waals surface area contributed by atoms with Crippen LogP contribution in [0.25, 0.3) is 0 Å². The number of hydrogen-bond acceptors (Lipinski definition) is 4. The van der Waals surface area contributed by atoms with Gasteiger partial charge in [0, 0.05) is 21.6 Å². The molecule has 2 aromatic rings. The van der Waals surface area contributed by atoms with E-state index in [1.165, 1.54) is 17.0 Å². The fraction of sp³-hybridized carbons (Fsp3) is 0.231. The van der Waals surface area contributed by atoms with Crippen molar-refractivity contribution in [1.82, 2.24) is 5.43 Å². The van der Waals surface area contributed by atoms with E-state index in [-0.39, 0.29) is 11.9 Å². The first kappa shape index (κ1) is 14.8. The Balaban J connectivity index is 1.89. The number of halogens is 2. The Morgan fingerprint density at radius 1 is 1.37 bits per heavy atom. The van der Waals surface area contributed by atoms with Crippen LogP contribution in [0, 0.1) is 5.82 Å². The van der Waals surface area contributed by atoms with Crippen LogP contribution in [0.1, 0.15) is 4.88 Å². The van der Waals surface area contributed by atoms with Gasteiger partial charge in [0.2, 0.25) is 0 Å². The molecular formula is C13H14ClFN2S2. The van der Waals surface area contributed by atoms with E-state index in [1.807, 2.05) is 18.2 Å². The predicted molar refractivity (Wildman–Crippen MR) is 81.3 cm³/mol. The third kappa shape index (κ3) is 4.78. The van der Waals surface area contributed by atoms with Gasteiger partial charge in [0.15, 0.2) is 0 Å². The second-order valence-electron chi connectivity index (χ2n) is 4.04. The number of nitrogens with one attached hydrogen (secondary N) is 1. The Morgan fingerprint density at radius 2 is 2.21 bits per heavy atom. The highest BCUT2D eigenvalue weighted by molar-refractivity contribution is 7.99. The zero-order valence-electron chi connectivity index (χ0n) is 10.1. The van der Waals surface area contributed by atoms with Gasteiger partial charge in [0.1, 0.15) is 5.82 Å². The summed E-state index contributed by atoms with van der Waals surface area (Å²) in [4.78, 5) is 2.09. The Labute approximate surface area is 125 Å². The molecule has 6 heteroatoms. The van der Waals surface area contributed by atoms with E-state index >= 15 is 0 Å². The van der Waals surface area contributed by atoms with Gasteiger partial charge in [-0.15, -0.1) is 23.1 Å². The average molecular weight is 317 g/mol. The van der Waals surface area contributed by atoms with Gasteiger partial charge < -0.3 is 0 Å². The molecule has 1 heterocycles. The Hall–Kier alpha value is -0.590. The van der Waals surface area contributed by atoms with Gasteiger partial charge in [-0.2, -0.15) is 0 Å². The smallest absolute Gasteiger partial charge is 0.124 e. The maximum atomic E-state index is 13.1. The van der Waals surface area contributed by atoms with Gasteiger partial charge in [-0.25, -0.2) is 4.39 Å². The summed E-state index contributed by atoms with van der Waals surface area (Å²) < 4.78 is 13.8. The summed E-state index contributed by atoms with van der Waals surface area (Å²) in [5.41, 5.74) is 2.79. The Kier molecular flexibility index (Phi) is 5.66. The van der Waals surface area contributed by atoms with Gasteiger partial charge in [-0.1, -0.05) is 17.7 Å². The maximum Gasteiger partial charge on any atom is 0.124 e. The molecule has 1 atom stereocenters. The fourth-order valence-electron chi connectivity index (χ4n) is 1.62. The number of rotatable bonds is 6. The number of nitrogens with two attached hydrogens (primary N) is 1. The molecule has 2 nitrogen and oxygen atoms in total. The number of benzene rings is 1. The summed E-state index contributed by atoms with van der Waals surface area (Å²) in [6.45, 7) is 0. The first-order valence-corrected chi connectivity index (χ1v) is 7.94. The van der Waals surface area contributed by atoms with Crippen molar-refractivity contribution in [2.45, 2.75) is 17.4 Å². The summed E-state index contributed by atoms with van der Waals surface area (Å²) in [5.74, 6) is 6.11. The molecule has 1 aromatic carbocycles. The second kappa shape index (κ2) is 7.26. The van der Waals surface area contributed by atoms with Gasteiger partial charge in [-0.05, 0) is 36.8 Å². The summed E-state index contributed by atoms with van der Waals surface area (Å²) in [7, 11) is 0. The first-order chi connectivity index (χ1) is 9.17. The number of thiophene rings is 1. The molecule has 0 saturated carbocycles. The zero-order chi connectivity index (χ0) is 13.7. The molecule has 1 aromatic heterocycles. The van der Waals surface area contributed by atoms with Crippen molar-refractivity contribution in [2.75, 3.05) is 5.75 Å². The van der Waals surface area contributed by atoms with Crippen molar-refractivity contribution in [3.63, 3.8) is 0 Å². The predicted octanol–water partition coefficient (Wildman–Crippen LogP) is 3.71. The molecule has 19 heavy (non-hydrogen) atoms. The lowest BCUT2D eigenvalue weighted by atomic mass is 10.2. The van der Waals surface area contributed by atoms with Crippen LogP contribution in [0.3, 0.4) is 0 Å². The van der Waals surface area contributed by atoms with Crippen LogP contribution in [0.15, 0.2) is 41.3 Å². The van der Waals surface area contributed by atoms with Crippen LogP contribution in [-0.4, -0.2) is 11.8 Å². The molecule has 1 unspecified atom stereocenters. The van der Waals surface area contributed by atoms with Gasteiger partial charge >= 0.3 is 0 Å². The molecular weight excluding hydrogens is 303 g/mol. The summed E-state index contributed by atoms with van der Waals surface area (Å²) in [6, 6.07) is 10.6. The highest BCUT2D eigenvalue weighted by Gasteiger charge is 2.10. The summed E-state index contributed by atoms with van der Waals surface area (Å²) >= 11 is 9.04. The number of hydrogen-bond donors (Lipinski definition) is 2. The van der Waals surface area contributed by atoms with Gasteiger partial charge in [0.25, 0.3) is 0 Å². The van der Waals surface area contributed by atoms with Gasteiger partial charge in [-0.3, -0.25) is 11.3 Å². The van der Waals surface area contributed by atoms with Crippen LogP contribution < -0.4 is 11.3 Å². The normalized spacial score (nSPS) is 12.6. The Bertz CT molecular complexity index is 533. The molecule has 0 radical (unpaired) electrons. The quantitative estimate of drug-likeness (QED) is 0.485. The maximum absolute atomic E-state index is 13.1. The van der Waals surface area contributed by atoms with E-state index in [2.05, 4.69) is 5.43 Å². The third-order valence-electron chi connectivity index (χ3n) is 2.56. The van der Waals surface area contributed by atoms with Crippen molar-refractivity contribution < 1.29 is 4.39 Å². The van der Waals surface area contributed by atoms with E-state index in [0.29, 0.717) is 0 Å². The molecule has 0 aliphatic carbocycles. The molecule has 0 aliphatic rings. The van der Waals surface area contributed by atoms with Crippen LogP contribution in [0.2, 0.25) is 4.34 Å². The second-order valence-corrected chi connectivity index (χ2v) is 6.93. The minimum absolute atomic E-state index is 0.128. The van der Waals surface area contributed by atoms with Crippen LogP contribution >= 0.6 is 34.7 Å². The minimum atomic E-state index is -0.215. The van der Waals surface area contributed by atoms with E-state index in [0.717, 1.165) is 21.4 Å². The molecule has 0 aliphatic heterocycles. The summed E-state index contributed by atoms with van der Waals surface area (Å²) in [5, 5.41) is 0. The standard InChI is InChI=1S/C13H14ClFN2S2/c14-13-5-4-12(19-13)7-10(17-16)8-18-11-3-1-2-9(15)6-11/h1-6,10,17H,7-8,16H2. The van der Waals surface area contributed by atoms with Gasteiger partial charge in [0.05, 0.1) is 4.34 Å². The van der Waals surface area contributed by atoms with E-state index in [4.69, 9.17) is 17.4 Å². The lowest BCUT2D eigenvalue weighted by Gasteiger charge is -2.14. The van der Waals surface area contributed by atoms with Crippen LogP contribution in [0.4, 0.5) is 4.39 Å². The molecule has 102 valence electrons. The van der Waals surface area contributed by atoms with Crippen molar-refractivity contribution >= 4 is 34.7 Å². The largest absolute Gasteiger partial charge is 0.271 e. The van der Waals surface area contributed by atoms with Crippen molar-refractivity contribution in [3.8, 4) is 0 Å². The van der Waals surface area contributed by atoms with Crippen LogP contribution in [0.5, 0.6) is 0 Å². The molecule has 2 rings (SSSR count). The molecule has 0 amide bonds. The third-order valence-corrected chi connectivity index (χ3v) is 4.97. The number of thioether (sulfide) groups is 1. The van der Waals surface area contributed by atoms with Crippen molar-refractivity contribution in [2.24, 2.45) is 5.84 Å². The SMILES string of the molecule is NNC(CSc1cccc(F)c1)Cc1ccc(Cl)s1. The minimum Gasteiger partial charge on any atom is -0.271 e. The zero-order valence-corrected chi connectivity index (χ0v) is 12.5. The molecule has 0 fully saturated rings. The lowest BCUT2D eigenvalue weighted by Crippen LogP contribution is -2.38.